The van der Waals surface area contributed by atoms with Gasteiger partial charge in [-0.1, -0.05) is 5.16 Å². The lowest BCUT2D eigenvalue weighted by Gasteiger charge is -2.36. The smallest absolute Gasteiger partial charge is 0.227 e. The molecule has 154 valence electrons. The number of nitrogens with zero attached hydrogens (tertiary/aromatic N) is 5. The molecule has 3 heterocycles. The van der Waals surface area contributed by atoms with E-state index < -0.39 is 0 Å². The number of hydrogen-bond acceptors (Lipinski definition) is 7. The third-order valence-electron chi connectivity index (χ3n) is 5.21. The highest BCUT2D eigenvalue weighted by atomic mass is 16.5. The molecule has 0 unspecified atom stereocenters. The molecule has 2 aromatic heterocycles. The first kappa shape index (κ1) is 19.8. The molecule has 0 atom stereocenters. The lowest BCUT2D eigenvalue weighted by Crippen LogP contribution is -2.48. The number of carbonyl (C=O) groups excluding carboxylic acids is 2. The highest BCUT2D eigenvalue weighted by Crippen LogP contribution is 2.19. The Balaban J connectivity index is 1.26. The summed E-state index contributed by atoms with van der Waals surface area (Å²) in [6, 6.07) is 11.3. The molecule has 8 heteroatoms. The van der Waals surface area contributed by atoms with Gasteiger partial charge < -0.3 is 14.3 Å². The Kier molecular flexibility index (Phi) is 5.83. The van der Waals surface area contributed by atoms with Crippen LogP contribution in [0.25, 0.3) is 11.4 Å². The van der Waals surface area contributed by atoms with Crippen LogP contribution < -0.4 is 4.90 Å². The molecule has 8 nitrogen and oxygen atoms in total. The highest BCUT2D eigenvalue weighted by molar-refractivity contribution is 5.94. The molecular formula is C22H23N5O3. The summed E-state index contributed by atoms with van der Waals surface area (Å²) in [4.78, 5) is 36.5. The third-order valence-corrected chi connectivity index (χ3v) is 5.21. The van der Waals surface area contributed by atoms with Crippen molar-refractivity contribution in [2.45, 2.75) is 19.8 Å². The van der Waals surface area contributed by atoms with E-state index >= 15 is 0 Å². The van der Waals surface area contributed by atoms with Gasteiger partial charge in [0, 0.05) is 68.2 Å². The van der Waals surface area contributed by atoms with Crippen LogP contribution >= 0.6 is 0 Å². The average Bonchev–Trinajstić information content (AvgIpc) is 3.27. The number of hydrogen-bond donors (Lipinski definition) is 0. The zero-order valence-electron chi connectivity index (χ0n) is 16.8. The number of carbonyl (C=O) groups is 2. The van der Waals surface area contributed by atoms with Gasteiger partial charge in [0.25, 0.3) is 0 Å². The summed E-state index contributed by atoms with van der Waals surface area (Å²) in [7, 11) is 0. The molecule has 1 aliphatic heterocycles. The van der Waals surface area contributed by atoms with Crippen molar-refractivity contribution in [2.24, 2.45) is 0 Å². The molecule has 30 heavy (non-hydrogen) atoms. The quantitative estimate of drug-likeness (QED) is 0.582. The maximum Gasteiger partial charge on any atom is 0.227 e. The first-order chi connectivity index (χ1) is 14.6. The molecule has 1 aromatic carbocycles. The predicted octanol–water partition coefficient (Wildman–Crippen LogP) is 2.62. The van der Waals surface area contributed by atoms with Gasteiger partial charge >= 0.3 is 0 Å². The number of rotatable bonds is 6. The van der Waals surface area contributed by atoms with Crippen LogP contribution in [0.15, 0.2) is 53.3 Å². The van der Waals surface area contributed by atoms with E-state index in [1.165, 1.54) is 0 Å². The summed E-state index contributed by atoms with van der Waals surface area (Å²) in [5, 5.41) is 3.96. The fourth-order valence-electron chi connectivity index (χ4n) is 3.46. The summed E-state index contributed by atoms with van der Waals surface area (Å²) in [5.74, 6) is 1.08. The van der Waals surface area contributed by atoms with Crippen molar-refractivity contribution in [1.29, 1.82) is 0 Å². The Bertz CT molecular complexity index is 1010. The summed E-state index contributed by atoms with van der Waals surface area (Å²) >= 11 is 0. The Labute approximate surface area is 174 Å². The van der Waals surface area contributed by atoms with Crippen LogP contribution in [0.1, 0.15) is 29.6 Å². The zero-order valence-corrected chi connectivity index (χ0v) is 16.8. The van der Waals surface area contributed by atoms with Crippen molar-refractivity contribution in [3.63, 3.8) is 0 Å². The van der Waals surface area contributed by atoms with E-state index in [1.807, 2.05) is 41.3 Å². The van der Waals surface area contributed by atoms with Crippen molar-refractivity contribution in [3.05, 3.63) is 60.2 Å². The lowest BCUT2D eigenvalue weighted by molar-refractivity contribution is -0.131. The molecule has 1 amide bonds. The van der Waals surface area contributed by atoms with Gasteiger partial charge in [-0.2, -0.15) is 4.98 Å². The zero-order chi connectivity index (χ0) is 20.9. The second kappa shape index (κ2) is 8.86. The maximum absolute atomic E-state index is 12.6. The molecule has 0 spiro atoms. The molecular weight excluding hydrogens is 382 g/mol. The number of pyridine rings is 1. The molecule has 0 radical (unpaired) electrons. The first-order valence-electron chi connectivity index (χ1n) is 9.97. The number of Topliss-reactive ketones (excluding diaryl/α,β-unsaturated/α-hetero) is 1. The average molecular weight is 405 g/mol. The van der Waals surface area contributed by atoms with Crippen molar-refractivity contribution in [3.8, 4) is 11.4 Å². The van der Waals surface area contributed by atoms with Gasteiger partial charge in [-0.05, 0) is 43.3 Å². The van der Waals surface area contributed by atoms with Gasteiger partial charge in [0.1, 0.15) is 0 Å². The normalized spacial score (nSPS) is 14.0. The number of anilines is 1. The second-order valence-corrected chi connectivity index (χ2v) is 7.22. The van der Waals surface area contributed by atoms with Crippen LogP contribution in [0.5, 0.6) is 0 Å². The van der Waals surface area contributed by atoms with Crippen molar-refractivity contribution >= 4 is 17.4 Å². The molecule has 1 fully saturated rings. The molecule has 4 rings (SSSR count). The van der Waals surface area contributed by atoms with Crippen LogP contribution in [0.2, 0.25) is 0 Å². The number of aromatic nitrogens is 3. The van der Waals surface area contributed by atoms with Gasteiger partial charge in [0.05, 0.1) is 0 Å². The Morgan fingerprint density at radius 1 is 1.07 bits per heavy atom. The molecule has 0 N–H and O–H groups in total. The predicted molar refractivity (Wildman–Crippen MR) is 111 cm³/mol. The number of piperazine rings is 1. The van der Waals surface area contributed by atoms with Crippen LogP contribution in [0.3, 0.4) is 0 Å². The first-order valence-corrected chi connectivity index (χ1v) is 9.97. The Morgan fingerprint density at radius 2 is 1.83 bits per heavy atom. The molecule has 0 bridgehead atoms. The van der Waals surface area contributed by atoms with Gasteiger partial charge in [-0.25, -0.2) is 0 Å². The standard InChI is InChI=1S/C22H23N5O3/c1-16(28)17-4-6-19(7-5-17)26-11-13-27(14-12-26)21(29)9-8-20-24-22(25-30-20)18-3-2-10-23-15-18/h2-7,10,15H,8-9,11-14H2,1H3. The highest BCUT2D eigenvalue weighted by Gasteiger charge is 2.22. The molecule has 1 saturated heterocycles. The van der Waals surface area contributed by atoms with E-state index in [-0.39, 0.29) is 11.7 Å². The summed E-state index contributed by atoms with van der Waals surface area (Å²) in [6.45, 7) is 4.41. The van der Waals surface area contributed by atoms with E-state index in [0.29, 0.717) is 43.2 Å². The minimum absolute atomic E-state index is 0.0609. The van der Waals surface area contributed by atoms with E-state index in [2.05, 4.69) is 20.0 Å². The van der Waals surface area contributed by atoms with Gasteiger partial charge in [-0.3, -0.25) is 14.6 Å². The Morgan fingerprint density at radius 3 is 2.50 bits per heavy atom. The van der Waals surface area contributed by atoms with Crippen molar-refractivity contribution in [2.75, 3.05) is 31.1 Å². The number of benzene rings is 1. The van der Waals surface area contributed by atoms with Crippen LogP contribution in [-0.4, -0.2) is 57.9 Å². The lowest BCUT2D eigenvalue weighted by atomic mass is 10.1. The maximum atomic E-state index is 12.6. The topological polar surface area (TPSA) is 92.4 Å². The van der Waals surface area contributed by atoms with Crippen LogP contribution in [0, 0.1) is 0 Å². The summed E-state index contributed by atoms with van der Waals surface area (Å²) < 4.78 is 5.27. The summed E-state index contributed by atoms with van der Waals surface area (Å²) in [5.41, 5.74) is 2.56. The minimum atomic E-state index is 0.0609. The molecule has 1 aliphatic rings. The number of amides is 1. The van der Waals surface area contributed by atoms with Gasteiger partial charge in [-0.15, -0.1) is 0 Å². The van der Waals surface area contributed by atoms with E-state index in [0.717, 1.165) is 24.3 Å². The molecule has 0 aliphatic carbocycles. The number of aryl methyl sites for hydroxylation is 1. The van der Waals surface area contributed by atoms with Crippen LogP contribution in [-0.2, 0) is 11.2 Å². The van der Waals surface area contributed by atoms with E-state index in [4.69, 9.17) is 4.52 Å². The fraction of sp³-hybridized carbons (Fsp3) is 0.318. The van der Waals surface area contributed by atoms with E-state index in [9.17, 15) is 9.59 Å². The largest absolute Gasteiger partial charge is 0.368 e. The Hall–Kier alpha value is -3.55. The van der Waals surface area contributed by atoms with Crippen molar-refractivity contribution < 1.29 is 14.1 Å². The summed E-state index contributed by atoms with van der Waals surface area (Å²) in [6.07, 6.45) is 4.11. The van der Waals surface area contributed by atoms with Gasteiger partial charge in [0.2, 0.25) is 17.6 Å². The van der Waals surface area contributed by atoms with Gasteiger partial charge in [0.15, 0.2) is 5.78 Å². The van der Waals surface area contributed by atoms with E-state index in [1.54, 1.807) is 19.3 Å². The van der Waals surface area contributed by atoms with Crippen LogP contribution in [0.4, 0.5) is 5.69 Å². The SMILES string of the molecule is CC(=O)c1ccc(N2CCN(C(=O)CCc3nc(-c4cccnc4)no3)CC2)cc1. The monoisotopic (exact) mass is 405 g/mol. The minimum Gasteiger partial charge on any atom is -0.368 e. The molecule has 3 aromatic rings. The second-order valence-electron chi connectivity index (χ2n) is 7.22. The molecule has 0 saturated carbocycles. The number of ketones is 1. The fourth-order valence-corrected chi connectivity index (χ4v) is 3.46. The third kappa shape index (κ3) is 4.53. The van der Waals surface area contributed by atoms with Crippen molar-refractivity contribution in [1.82, 2.24) is 20.0 Å².